The Morgan fingerprint density at radius 3 is 2.58 bits per heavy atom. The smallest absolute Gasteiger partial charge is 0.228 e. The van der Waals surface area contributed by atoms with Crippen LogP contribution < -0.4 is 14.2 Å². The summed E-state index contributed by atoms with van der Waals surface area (Å²) in [4.78, 5) is 23.1. The molecular weight excluding hydrogens is 527 g/mol. The fourth-order valence-electron chi connectivity index (χ4n) is 5.30. The van der Waals surface area contributed by atoms with Gasteiger partial charge in [-0.05, 0) is 41.3 Å². The summed E-state index contributed by atoms with van der Waals surface area (Å²) in [5.74, 6) is 2.11. The molecule has 1 aliphatic carbocycles. The van der Waals surface area contributed by atoms with Gasteiger partial charge in [0.15, 0.2) is 28.8 Å². The van der Waals surface area contributed by atoms with Crippen molar-refractivity contribution in [3.8, 4) is 28.8 Å². The minimum Gasteiger partial charge on any atom is -0.493 e. The molecule has 194 valence electrons. The van der Waals surface area contributed by atoms with Crippen molar-refractivity contribution in [1.82, 2.24) is 19.6 Å². The van der Waals surface area contributed by atoms with Crippen LogP contribution in [-0.2, 0) is 4.79 Å². The average molecular weight is 551 g/mol. The highest BCUT2D eigenvalue weighted by Crippen LogP contribution is 2.51. The first-order valence-corrected chi connectivity index (χ1v) is 12.8. The quantitative estimate of drug-likeness (QED) is 0.295. The van der Waals surface area contributed by atoms with Gasteiger partial charge in [0, 0.05) is 29.0 Å². The number of carbonyl (C=O) groups excluding carboxylic acids is 1. The van der Waals surface area contributed by atoms with Crippen molar-refractivity contribution >= 4 is 34.6 Å². The van der Waals surface area contributed by atoms with E-state index in [9.17, 15) is 4.79 Å². The second-order valence-corrected chi connectivity index (χ2v) is 11.1. The van der Waals surface area contributed by atoms with E-state index >= 15 is 0 Å². The largest absolute Gasteiger partial charge is 0.493 e. The molecule has 4 aromatic rings. The first kappa shape index (κ1) is 24.7. The summed E-state index contributed by atoms with van der Waals surface area (Å²) in [7, 11) is 3.17. The number of hydrogen-bond acceptors (Lipinski definition) is 7. The molecule has 2 aromatic carbocycles. The van der Waals surface area contributed by atoms with Crippen molar-refractivity contribution in [3.05, 3.63) is 75.2 Å². The molecule has 0 spiro atoms. The number of carbonyl (C=O) groups is 1. The third-order valence-corrected chi connectivity index (χ3v) is 7.52. The van der Waals surface area contributed by atoms with Crippen LogP contribution in [0, 0.1) is 5.41 Å². The lowest BCUT2D eigenvalue weighted by molar-refractivity contribution is -0.118. The number of Topliss-reactive ketones (excluding diaryl/α,β-unsaturated/α-hetero) is 1. The van der Waals surface area contributed by atoms with Gasteiger partial charge in [-0.1, -0.05) is 43.1 Å². The molecule has 10 heteroatoms. The van der Waals surface area contributed by atoms with E-state index in [0.29, 0.717) is 74.2 Å². The summed E-state index contributed by atoms with van der Waals surface area (Å²) in [6.07, 6.45) is 2.58. The molecule has 0 saturated carbocycles. The van der Waals surface area contributed by atoms with Gasteiger partial charge in [0.2, 0.25) is 5.88 Å². The van der Waals surface area contributed by atoms with Crippen molar-refractivity contribution in [3.63, 3.8) is 0 Å². The van der Waals surface area contributed by atoms with E-state index in [0.717, 1.165) is 5.56 Å². The molecule has 1 atom stereocenters. The number of aromatic nitrogens is 4. The predicted molar refractivity (Wildman–Crippen MR) is 143 cm³/mol. The van der Waals surface area contributed by atoms with Gasteiger partial charge in [0.1, 0.15) is 12.1 Å². The zero-order valence-corrected chi connectivity index (χ0v) is 22.7. The van der Waals surface area contributed by atoms with E-state index in [4.69, 9.17) is 42.4 Å². The highest BCUT2D eigenvalue weighted by molar-refractivity contribution is 6.36. The molecule has 2 aliphatic rings. The van der Waals surface area contributed by atoms with Crippen LogP contribution in [-0.4, -0.2) is 39.6 Å². The Kier molecular flexibility index (Phi) is 5.85. The highest BCUT2D eigenvalue weighted by atomic mass is 35.5. The molecule has 2 aromatic heterocycles. The van der Waals surface area contributed by atoms with Crippen molar-refractivity contribution in [2.75, 3.05) is 14.2 Å². The van der Waals surface area contributed by atoms with Crippen LogP contribution in [0.25, 0.3) is 17.0 Å². The molecule has 0 radical (unpaired) electrons. The number of halogens is 2. The summed E-state index contributed by atoms with van der Waals surface area (Å²) in [6, 6.07) is 10.8. The number of methoxy groups -OCH3 is 2. The predicted octanol–water partition coefficient (Wildman–Crippen LogP) is 6.28. The number of allylic oxidation sites excluding steroid dienone is 2. The van der Waals surface area contributed by atoms with Gasteiger partial charge >= 0.3 is 0 Å². The topological polar surface area (TPSA) is 87.8 Å². The van der Waals surface area contributed by atoms with Gasteiger partial charge in [0.05, 0.1) is 30.7 Å². The second-order valence-electron chi connectivity index (χ2n) is 10.2. The second kappa shape index (κ2) is 8.99. The van der Waals surface area contributed by atoms with Crippen LogP contribution in [0.4, 0.5) is 0 Å². The standard InChI is InChI=1S/C28H24Cl2N4O4/c1-28(2)11-18(35)23-21(12-28)38-27-24(22(23)14-5-8-19(36-3)20(9-14)37-4)26-32-25(33-34(26)13-31-27)16-7-6-15(29)10-17(16)30/h5-10,13,22H,11-12H2,1-4H3/t22-/m1/s1. The van der Waals surface area contributed by atoms with Gasteiger partial charge in [-0.15, -0.1) is 5.10 Å². The van der Waals surface area contributed by atoms with Crippen molar-refractivity contribution in [2.45, 2.75) is 32.6 Å². The Morgan fingerprint density at radius 1 is 1.05 bits per heavy atom. The summed E-state index contributed by atoms with van der Waals surface area (Å²) >= 11 is 12.6. The summed E-state index contributed by atoms with van der Waals surface area (Å²) in [5.41, 5.74) is 3.00. The first-order valence-electron chi connectivity index (χ1n) is 12.1. The monoisotopic (exact) mass is 550 g/mol. The zero-order valence-electron chi connectivity index (χ0n) is 21.2. The number of nitrogens with zero attached hydrogens (tertiary/aromatic N) is 4. The lowest BCUT2D eigenvalue weighted by Crippen LogP contribution is -2.33. The van der Waals surface area contributed by atoms with Crippen LogP contribution in [0.5, 0.6) is 17.4 Å². The van der Waals surface area contributed by atoms with E-state index in [1.165, 1.54) is 0 Å². The summed E-state index contributed by atoms with van der Waals surface area (Å²) in [5, 5.41) is 5.58. The van der Waals surface area contributed by atoms with Gasteiger partial charge in [-0.2, -0.15) is 0 Å². The lowest BCUT2D eigenvalue weighted by Gasteiger charge is -2.37. The minimum absolute atomic E-state index is 0.0316. The minimum atomic E-state index is -0.494. The van der Waals surface area contributed by atoms with Crippen molar-refractivity contribution < 1.29 is 19.0 Å². The van der Waals surface area contributed by atoms with Gasteiger partial charge in [-0.25, -0.2) is 14.5 Å². The van der Waals surface area contributed by atoms with E-state index in [-0.39, 0.29) is 11.2 Å². The molecule has 6 rings (SSSR count). The SMILES string of the molecule is COc1ccc([C@@H]2C3=C(CC(C)(C)CC3=O)Oc3ncn4nc(-c5ccc(Cl)cc5Cl)nc4c32)cc1OC. The van der Waals surface area contributed by atoms with E-state index < -0.39 is 5.92 Å². The number of benzene rings is 2. The highest BCUT2D eigenvalue weighted by Gasteiger charge is 2.44. The Labute approximate surface area is 229 Å². The maximum Gasteiger partial charge on any atom is 0.228 e. The number of rotatable bonds is 4. The van der Waals surface area contributed by atoms with Crippen molar-refractivity contribution in [1.29, 1.82) is 0 Å². The number of ether oxygens (including phenoxy) is 3. The van der Waals surface area contributed by atoms with Crippen LogP contribution >= 0.6 is 23.2 Å². The van der Waals surface area contributed by atoms with Crippen LogP contribution in [0.2, 0.25) is 10.0 Å². The fraction of sp³-hybridized carbons (Fsp3) is 0.286. The van der Waals surface area contributed by atoms with Gasteiger partial charge in [0.25, 0.3) is 0 Å². The molecule has 38 heavy (non-hydrogen) atoms. The molecule has 0 bridgehead atoms. The molecule has 0 fully saturated rings. The fourth-order valence-corrected chi connectivity index (χ4v) is 5.79. The zero-order chi connectivity index (χ0) is 26.8. The van der Waals surface area contributed by atoms with E-state index in [1.807, 2.05) is 18.2 Å². The Bertz CT molecular complexity index is 1660. The van der Waals surface area contributed by atoms with Crippen LogP contribution in [0.1, 0.15) is 43.7 Å². The number of fused-ring (bicyclic) bond motifs is 3. The van der Waals surface area contributed by atoms with Gasteiger partial charge < -0.3 is 14.2 Å². The van der Waals surface area contributed by atoms with Gasteiger partial charge in [-0.3, -0.25) is 4.79 Å². The number of hydrogen-bond donors (Lipinski definition) is 0. The maximum absolute atomic E-state index is 13.7. The third kappa shape index (κ3) is 3.99. The Morgan fingerprint density at radius 2 is 1.84 bits per heavy atom. The lowest BCUT2D eigenvalue weighted by atomic mass is 9.70. The van der Waals surface area contributed by atoms with E-state index in [1.54, 1.807) is 43.3 Å². The average Bonchev–Trinajstić information content (AvgIpc) is 3.30. The normalized spacial score (nSPS) is 18.2. The Balaban J connectivity index is 1.61. The third-order valence-electron chi connectivity index (χ3n) is 6.98. The molecule has 0 amide bonds. The molecule has 3 heterocycles. The first-order chi connectivity index (χ1) is 18.2. The summed E-state index contributed by atoms with van der Waals surface area (Å²) < 4.78 is 19.0. The molecule has 0 saturated heterocycles. The maximum atomic E-state index is 13.7. The van der Waals surface area contributed by atoms with Crippen LogP contribution in [0.15, 0.2) is 54.1 Å². The molecule has 1 aliphatic heterocycles. The Hall–Kier alpha value is -3.62. The van der Waals surface area contributed by atoms with E-state index in [2.05, 4.69) is 23.9 Å². The molecule has 0 N–H and O–H groups in total. The molecular formula is C28H24Cl2N4O4. The molecule has 0 unspecified atom stereocenters. The number of ketones is 1. The molecule has 8 nitrogen and oxygen atoms in total. The summed E-state index contributed by atoms with van der Waals surface area (Å²) in [6.45, 7) is 4.13. The van der Waals surface area contributed by atoms with Crippen LogP contribution in [0.3, 0.4) is 0 Å². The van der Waals surface area contributed by atoms with Crippen molar-refractivity contribution in [2.24, 2.45) is 5.41 Å².